The standard InChI is InChI=1S/C59H41N3/c1-3-17-41(18-4-1)59(42-19-5-2-6-20-42)52-35-39(38-16-15-21-43(34-38)62-55-28-13-11-24-48(55)49-25-12-14-29-56(49)62)30-32-46(52)47-33-31-40(36-53(47)59)54-37-60-57-50-26-9-7-22-44(50)45-23-8-10-27-51(45)58(57)61-54/h1-34,36-37,39,48,55H,35H2. The molecular formula is C59H41N3. The Morgan fingerprint density at radius 3 is 2.02 bits per heavy atom. The highest BCUT2D eigenvalue weighted by Crippen LogP contribution is 2.59. The molecule has 292 valence electrons. The molecule has 13 rings (SSSR count). The molecule has 0 saturated heterocycles. The van der Waals surface area contributed by atoms with Gasteiger partial charge in [-0.05, 0) is 86.0 Å². The Hall–Kier alpha value is -7.62. The molecule has 0 bridgehead atoms. The van der Waals surface area contributed by atoms with E-state index in [1.807, 2.05) is 6.20 Å². The van der Waals surface area contributed by atoms with Gasteiger partial charge >= 0.3 is 0 Å². The van der Waals surface area contributed by atoms with Crippen molar-refractivity contribution in [1.82, 2.24) is 9.97 Å². The highest BCUT2D eigenvalue weighted by molar-refractivity contribution is 6.23. The van der Waals surface area contributed by atoms with Crippen molar-refractivity contribution in [3.05, 3.63) is 258 Å². The summed E-state index contributed by atoms with van der Waals surface area (Å²) in [5, 5.41) is 4.65. The van der Waals surface area contributed by atoms with Crippen LogP contribution >= 0.6 is 0 Å². The molecule has 1 aliphatic heterocycles. The smallest absolute Gasteiger partial charge is 0.0979 e. The minimum absolute atomic E-state index is 0.194. The molecule has 2 heterocycles. The molecule has 0 fully saturated rings. The zero-order valence-corrected chi connectivity index (χ0v) is 34.1. The predicted molar refractivity (Wildman–Crippen MR) is 256 cm³/mol. The number of rotatable bonds is 5. The summed E-state index contributed by atoms with van der Waals surface area (Å²) in [5.74, 6) is 0.542. The van der Waals surface area contributed by atoms with E-state index in [2.05, 4.69) is 217 Å². The fourth-order valence-corrected chi connectivity index (χ4v) is 11.4. The third-order valence-corrected chi connectivity index (χ3v) is 14.1. The second kappa shape index (κ2) is 13.7. The molecule has 0 radical (unpaired) electrons. The van der Waals surface area contributed by atoms with E-state index in [1.54, 1.807) is 0 Å². The van der Waals surface area contributed by atoms with Crippen LogP contribution in [0.2, 0.25) is 0 Å². The lowest BCUT2D eigenvalue weighted by atomic mass is 9.64. The molecule has 0 spiro atoms. The molecule has 0 N–H and O–H groups in total. The largest absolute Gasteiger partial charge is 0.333 e. The minimum Gasteiger partial charge on any atom is -0.333 e. The van der Waals surface area contributed by atoms with Crippen molar-refractivity contribution in [1.29, 1.82) is 0 Å². The first-order chi connectivity index (χ1) is 30.8. The van der Waals surface area contributed by atoms with Crippen molar-refractivity contribution >= 4 is 49.5 Å². The fourth-order valence-electron chi connectivity index (χ4n) is 11.4. The van der Waals surface area contributed by atoms with Crippen molar-refractivity contribution in [3.8, 4) is 11.3 Å². The normalized spacial score (nSPS) is 19.2. The Morgan fingerprint density at radius 2 is 1.24 bits per heavy atom. The van der Waals surface area contributed by atoms with Crippen LogP contribution in [0.4, 0.5) is 11.4 Å². The first-order valence-electron chi connectivity index (χ1n) is 21.8. The molecule has 3 heteroatoms. The maximum absolute atomic E-state index is 5.46. The third-order valence-electron chi connectivity index (χ3n) is 14.1. The van der Waals surface area contributed by atoms with Crippen LogP contribution in [0.15, 0.2) is 224 Å². The zero-order valence-electron chi connectivity index (χ0n) is 34.1. The van der Waals surface area contributed by atoms with Crippen LogP contribution in [0.3, 0.4) is 0 Å². The lowest BCUT2D eigenvalue weighted by Crippen LogP contribution is -2.31. The number of fused-ring (bicyclic) bond motifs is 11. The van der Waals surface area contributed by atoms with E-state index in [0.717, 1.165) is 39.5 Å². The lowest BCUT2D eigenvalue weighted by Gasteiger charge is -2.38. The van der Waals surface area contributed by atoms with Crippen LogP contribution in [0.25, 0.3) is 49.4 Å². The summed E-state index contributed by atoms with van der Waals surface area (Å²) in [7, 11) is 0. The summed E-state index contributed by atoms with van der Waals surface area (Å²) < 4.78 is 0. The van der Waals surface area contributed by atoms with Crippen molar-refractivity contribution in [3.63, 3.8) is 0 Å². The molecule has 0 saturated carbocycles. The minimum atomic E-state index is -0.517. The van der Waals surface area contributed by atoms with Crippen LogP contribution in [0.5, 0.6) is 0 Å². The molecule has 3 atom stereocenters. The lowest BCUT2D eigenvalue weighted by molar-refractivity contribution is 0.666. The molecule has 8 aromatic carbocycles. The summed E-state index contributed by atoms with van der Waals surface area (Å²) in [6.45, 7) is 0. The topological polar surface area (TPSA) is 29.0 Å². The SMILES string of the molecule is C1=CC2c3ccccc3N(c3cccc(C4C=CC5=C(C4)C(c4ccccc4)(c4ccccc4)c4cc(-c6cnc7c8ccccc8c8ccccc8c7n6)ccc45)c3)C2C=C1. The van der Waals surface area contributed by atoms with Gasteiger partial charge in [-0.2, -0.15) is 0 Å². The summed E-state index contributed by atoms with van der Waals surface area (Å²) >= 11 is 0. The molecule has 4 aliphatic rings. The van der Waals surface area contributed by atoms with Gasteiger partial charge in [0.05, 0.1) is 34.4 Å². The summed E-state index contributed by atoms with van der Waals surface area (Å²) in [6, 6.07) is 65.1. The monoisotopic (exact) mass is 791 g/mol. The molecule has 0 amide bonds. The molecule has 3 aliphatic carbocycles. The van der Waals surface area contributed by atoms with Gasteiger partial charge < -0.3 is 4.90 Å². The number of hydrogen-bond acceptors (Lipinski definition) is 3. The number of aromatic nitrogens is 2. The van der Waals surface area contributed by atoms with Gasteiger partial charge in [-0.15, -0.1) is 0 Å². The maximum atomic E-state index is 5.46. The van der Waals surface area contributed by atoms with Gasteiger partial charge in [0.1, 0.15) is 0 Å². The maximum Gasteiger partial charge on any atom is 0.0979 e. The highest BCUT2D eigenvalue weighted by Gasteiger charge is 2.49. The van der Waals surface area contributed by atoms with E-state index in [1.165, 1.54) is 66.7 Å². The van der Waals surface area contributed by atoms with E-state index in [9.17, 15) is 0 Å². The Morgan fingerprint density at radius 1 is 0.565 bits per heavy atom. The summed E-state index contributed by atoms with van der Waals surface area (Å²) in [6.07, 6.45) is 16.9. The van der Waals surface area contributed by atoms with Crippen molar-refractivity contribution in [2.45, 2.75) is 29.7 Å². The van der Waals surface area contributed by atoms with Crippen molar-refractivity contribution < 1.29 is 0 Å². The molecule has 3 unspecified atom stereocenters. The van der Waals surface area contributed by atoms with Gasteiger partial charge in [-0.25, -0.2) is 4.98 Å². The summed E-state index contributed by atoms with van der Waals surface area (Å²) in [5.41, 5.74) is 16.4. The van der Waals surface area contributed by atoms with Gasteiger partial charge in [0.25, 0.3) is 0 Å². The molecule has 9 aromatic rings. The van der Waals surface area contributed by atoms with Gasteiger partial charge in [-0.1, -0.05) is 188 Å². The first-order valence-corrected chi connectivity index (χ1v) is 21.8. The first kappa shape index (κ1) is 35.2. The molecular weight excluding hydrogens is 751 g/mol. The Kier molecular flexibility index (Phi) is 7.77. The number of allylic oxidation sites excluding steroid dienone is 6. The van der Waals surface area contributed by atoms with E-state index in [4.69, 9.17) is 9.97 Å². The molecule has 1 aromatic heterocycles. The van der Waals surface area contributed by atoms with E-state index >= 15 is 0 Å². The highest BCUT2D eigenvalue weighted by atomic mass is 15.2. The third kappa shape index (κ3) is 5.06. The van der Waals surface area contributed by atoms with Crippen LogP contribution in [-0.2, 0) is 5.41 Å². The second-order valence-electron chi connectivity index (χ2n) is 17.2. The predicted octanol–water partition coefficient (Wildman–Crippen LogP) is 14.2. The quantitative estimate of drug-likeness (QED) is 0.163. The number of nitrogens with zero attached hydrogens (tertiary/aromatic N) is 3. The Balaban J connectivity index is 0.960. The number of para-hydroxylation sites is 1. The van der Waals surface area contributed by atoms with Crippen molar-refractivity contribution in [2.24, 2.45) is 0 Å². The Bertz CT molecular complexity index is 3340. The van der Waals surface area contributed by atoms with Gasteiger partial charge in [0.15, 0.2) is 0 Å². The van der Waals surface area contributed by atoms with Gasteiger partial charge in [-0.3, -0.25) is 4.98 Å². The average molecular weight is 792 g/mol. The van der Waals surface area contributed by atoms with Crippen LogP contribution < -0.4 is 4.90 Å². The fraction of sp³-hybridized carbons (Fsp3) is 0.0847. The molecule has 62 heavy (non-hydrogen) atoms. The van der Waals surface area contributed by atoms with E-state index < -0.39 is 5.41 Å². The van der Waals surface area contributed by atoms with Gasteiger partial charge in [0, 0.05) is 39.5 Å². The second-order valence-corrected chi connectivity index (χ2v) is 17.2. The Labute approximate surface area is 361 Å². The number of anilines is 2. The van der Waals surface area contributed by atoms with E-state index in [0.29, 0.717) is 5.92 Å². The van der Waals surface area contributed by atoms with Crippen LogP contribution in [0, 0.1) is 0 Å². The van der Waals surface area contributed by atoms with Crippen LogP contribution in [-0.4, -0.2) is 16.0 Å². The zero-order chi connectivity index (χ0) is 40.8. The molecule has 3 nitrogen and oxygen atoms in total. The van der Waals surface area contributed by atoms with E-state index in [-0.39, 0.29) is 12.0 Å². The van der Waals surface area contributed by atoms with Crippen LogP contribution in [0.1, 0.15) is 51.6 Å². The number of hydrogen-bond donors (Lipinski definition) is 0. The summed E-state index contributed by atoms with van der Waals surface area (Å²) in [4.78, 5) is 13.2. The number of benzene rings is 8. The average Bonchev–Trinajstić information content (AvgIpc) is 3.85. The van der Waals surface area contributed by atoms with Crippen molar-refractivity contribution in [2.75, 3.05) is 4.90 Å². The van der Waals surface area contributed by atoms with Gasteiger partial charge in [0.2, 0.25) is 0 Å².